The highest BCUT2D eigenvalue weighted by molar-refractivity contribution is 5.52. The van der Waals surface area contributed by atoms with Crippen LogP contribution in [0.15, 0.2) is 18.2 Å². The van der Waals surface area contributed by atoms with Gasteiger partial charge in [-0.2, -0.15) is 0 Å². The maximum absolute atomic E-state index is 13.4. The Kier molecular flexibility index (Phi) is 3.36. The van der Waals surface area contributed by atoms with E-state index in [4.69, 9.17) is 5.73 Å². The second-order valence-corrected chi connectivity index (χ2v) is 3.31. The number of aryl methyl sites for hydroxylation is 1. The van der Waals surface area contributed by atoms with E-state index < -0.39 is 11.6 Å². The van der Waals surface area contributed by atoms with Crippen molar-refractivity contribution in [2.45, 2.75) is 19.9 Å². The zero-order valence-corrected chi connectivity index (χ0v) is 8.22. The highest BCUT2D eigenvalue weighted by atomic mass is 19.1. The van der Waals surface area contributed by atoms with Gasteiger partial charge in [-0.05, 0) is 25.5 Å². The number of nitrogens with two attached hydrogens (primary N) is 1. The molecule has 0 aromatic heterocycles. The Hall–Kier alpha value is -1.22. The molecular weight excluding hydrogens is 184 g/mol. The van der Waals surface area contributed by atoms with Gasteiger partial charge in [0.2, 0.25) is 0 Å². The third-order valence-corrected chi connectivity index (χ3v) is 1.89. The molecule has 1 nitrogen and oxygen atoms in total. The summed E-state index contributed by atoms with van der Waals surface area (Å²) in [7, 11) is 0. The summed E-state index contributed by atoms with van der Waals surface area (Å²) in [6.07, 6.45) is 2.93. The first-order valence-corrected chi connectivity index (χ1v) is 4.40. The second kappa shape index (κ2) is 4.33. The first-order chi connectivity index (χ1) is 6.52. The lowest BCUT2D eigenvalue weighted by Crippen LogP contribution is -2.10. The second-order valence-electron chi connectivity index (χ2n) is 3.31. The summed E-state index contributed by atoms with van der Waals surface area (Å²) in [6, 6.07) is 2.45. The molecule has 0 amide bonds. The minimum Gasteiger partial charge on any atom is -0.325 e. The third kappa shape index (κ3) is 2.39. The fourth-order valence-corrected chi connectivity index (χ4v) is 1.08. The Morgan fingerprint density at radius 3 is 2.57 bits per heavy atom. The van der Waals surface area contributed by atoms with E-state index in [1.165, 1.54) is 18.2 Å². The van der Waals surface area contributed by atoms with Crippen molar-refractivity contribution in [3.8, 4) is 0 Å². The van der Waals surface area contributed by atoms with Crippen molar-refractivity contribution < 1.29 is 8.78 Å². The van der Waals surface area contributed by atoms with Crippen LogP contribution in [0.3, 0.4) is 0 Å². The van der Waals surface area contributed by atoms with Gasteiger partial charge in [-0.15, -0.1) is 0 Å². The van der Waals surface area contributed by atoms with Crippen LogP contribution in [-0.2, 0) is 0 Å². The van der Waals surface area contributed by atoms with Crippen molar-refractivity contribution in [3.63, 3.8) is 0 Å². The molecule has 0 aliphatic carbocycles. The monoisotopic (exact) mass is 197 g/mol. The summed E-state index contributed by atoms with van der Waals surface area (Å²) in [5, 5.41) is 0. The Bertz CT molecular complexity index is 357. The van der Waals surface area contributed by atoms with Crippen LogP contribution in [0.25, 0.3) is 6.08 Å². The molecule has 1 aromatic carbocycles. The van der Waals surface area contributed by atoms with Crippen LogP contribution in [0, 0.1) is 18.6 Å². The molecule has 0 fully saturated rings. The predicted molar refractivity (Wildman–Crippen MR) is 53.8 cm³/mol. The molecule has 0 bridgehead atoms. The van der Waals surface area contributed by atoms with Gasteiger partial charge in [-0.1, -0.05) is 18.2 Å². The van der Waals surface area contributed by atoms with Gasteiger partial charge in [0.15, 0.2) is 0 Å². The fraction of sp³-hybridized carbons (Fsp3) is 0.273. The van der Waals surface area contributed by atoms with Gasteiger partial charge in [-0.25, -0.2) is 8.78 Å². The van der Waals surface area contributed by atoms with Gasteiger partial charge >= 0.3 is 0 Å². The van der Waals surface area contributed by atoms with E-state index in [1.54, 1.807) is 19.9 Å². The number of hydrogen-bond donors (Lipinski definition) is 1. The molecule has 0 radical (unpaired) electrons. The molecule has 1 atom stereocenters. The minimum absolute atomic E-state index is 0.0256. The van der Waals surface area contributed by atoms with Gasteiger partial charge in [0.25, 0.3) is 0 Å². The van der Waals surface area contributed by atoms with Crippen molar-refractivity contribution in [1.82, 2.24) is 0 Å². The van der Waals surface area contributed by atoms with Crippen molar-refractivity contribution in [3.05, 3.63) is 41.0 Å². The summed E-state index contributed by atoms with van der Waals surface area (Å²) < 4.78 is 26.5. The van der Waals surface area contributed by atoms with Crippen LogP contribution in [0.1, 0.15) is 18.1 Å². The number of hydrogen-bond acceptors (Lipinski definition) is 1. The third-order valence-electron chi connectivity index (χ3n) is 1.89. The topological polar surface area (TPSA) is 26.0 Å². The molecule has 0 saturated carbocycles. The summed E-state index contributed by atoms with van der Waals surface area (Å²) in [4.78, 5) is 0. The molecular formula is C11H13F2N. The van der Waals surface area contributed by atoms with E-state index in [2.05, 4.69) is 0 Å². The predicted octanol–water partition coefficient (Wildman–Crippen LogP) is 2.63. The summed E-state index contributed by atoms with van der Waals surface area (Å²) in [5.41, 5.74) is 5.85. The first kappa shape index (κ1) is 10.9. The lowest BCUT2D eigenvalue weighted by atomic mass is 10.1. The van der Waals surface area contributed by atoms with Gasteiger partial charge in [0, 0.05) is 11.6 Å². The van der Waals surface area contributed by atoms with E-state index >= 15 is 0 Å². The Morgan fingerprint density at radius 1 is 1.36 bits per heavy atom. The van der Waals surface area contributed by atoms with Crippen molar-refractivity contribution >= 4 is 6.08 Å². The van der Waals surface area contributed by atoms with Gasteiger partial charge in [0.05, 0.1) is 0 Å². The SMILES string of the molecule is Cc1ccc(F)c(/C=C/C(C)N)c1F. The molecule has 1 aromatic rings. The van der Waals surface area contributed by atoms with Gasteiger partial charge in [0.1, 0.15) is 11.6 Å². The average Bonchev–Trinajstić information content (AvgIpc) is 2.11. The first-order valence-electron chi connectivity index (χ1n) is 4.40. The standard InChI is InChI=1S/C11H13F2N/c1-7-3-6-10(12)9(11(7)13)5-4-8(2)14/h3-6,8H,14H2,1-2H3/b5-4+. The number of rotatable bonds is 2. The molecule has 2 N–H and O–H groups in total. The van der Waals surface area contributed by atoms with E-state index in [0.717, 1.165) is 0 Å². The van der Waals surface area contributed by atoms with E-state index in [0.29, 0.717) is 5.56 Å². The Morgan fingerprint density at radius 2 is 2.00 bits per heavy atom. The van der Waals surface area contributed by atoms with Crippen LogP contribution in [-0.4, -0.2) is 6.04 Å². The molecule has 0 aliphatic rings. The molecule has 1 rings (SSSR count). The zero-order chi connectivity index (χ0) is 10.7. The molecule has 1 unspecified atom stereocenters. The maximum Gasteiger partial charge on any atom is 0.136 e. The summed E-state index contributed by atoms with van der Waals surface area (Å²) >= 11 is 0. The van der Waals surface area contributed by atoms with Crippen LogP contribution >= 0.6 is 0 Å². The zero-order valence-electron chi connectivity index (χ0n) is 8.22. The van der Waals surface area contributed by atoms with Crippen molar-refractivity contribution in [2.75, 3.05) is 0 Å². The molecule has 0 aliphatic heterocycles. The van der Waals surface area contributed by atoms with Crippen molar-refractivity contribution in [1.29, 1.82) is 0 Å². The van der Waals surface area contributed by atoms with Crippen LogP contribution in [0.4, 0.5) is 8.78 Å². The fourth-order valence-electron chi connectivity index (χ4n) is 1.08. The molecule has 3 heteroatoms. The van der Waals surface area contributed by atoms with Crippen LogP contribution in [0.2, 0.25) is 0 Å². The largest absolute Gasteiger partial charge is 0.325 e. The van der Waals surface area contributed by atoms with E-state index in [-0.39, 0.29) is 11.6 Å². The summed E-state index contributed by atoms with van der Waals surface area (Å²) in [5.74, 6) is -1.09. The van der Waals surface area contributed by atoms with Gasteiger partial charge < -0.3 is 5.73 Å². The normalized spacial score (nSPS) is 13.5. The number of benzene rings is 1. The van der Waals surface area contributed by atoms with Crippen LogP contribution < -0.4 is 5.73 Å². The lowest BCUT2D eigenvalue weighted by Gasteiger charge is -2.03. The smallest absolute Gasteiger partial charge is 0.136 e. The Balaban J connectivity index is 3.13. The number of halogens is 2. The molecule has 0 spiro atoms. The minimum atomic E-state index is -0.565. The maximum atomic E-state index is 13.4. The Labute approximate surface area is 82.2 Å². The average molecular weight is 197 g/mol. The van der Waals surface area contributed by atoms with Crippen molar-refractivity contribution in [2.24, 2.45) is 5.73 Å². The van der Waals surface area contributed by atoms with Crippen LogP contribution in [0.5, 0.6) is 0 Å². The van der Waals surface area contributed by atoms with E-state index in [1.807, 2.05) is 0 Å². The molecule has 14 heavy (non-hydrogen) atoms. The lowest BCUT2D eigenvalue weighted by molar-refractivity contribution is 0.572. The van der Waals surface area contributed by atoms with E-state index in [9.17, 15) is 8.78 Å². The molecule has 76 valence electrons. The highest BCUT2D eigenvalue weighted by Gasteiger charge is 2.07. The quantitative estimate of drug-likeness (QED) is 0.774. The molecule has 0 heterocycles. The molecule has 0 saturated heterocycles. The van der Waals surface area contributed by atoms with Gasteiger partial charge in [-0.3, -0.25) is 0 Å². The highest BCUT2D eigenvalue weighted by Crippen LogP contribution is 2.17. The summed E-state index contributed by atoms with van der Waals surface area (Å²) in [6.45, 7) is 3.33.